The zero-order chi connectivity index (χ0) is 9.26. The Bertz CT molecular complexity index is 411. The Labute approximate surface area is 85.1 Å². The molecular formula is C9H5Cl2NO. The zero-order valence-electron chi connectivity index (χ0n) is 6.50. The van der Waals surface area contributed by atoms with Crippen molar-refractivity contribution >= 4 is 23.2 Å². The third-order valence-electron chi connectivity index (χ3n) is 1.60. The molecule has 4 heteroatoms. The van der Waals surface area contributed by atoms with Crippen molar-refractivity contribution in [3.05, 3.63) is 40.8 Å². The summed E-state index contributed by atoms with van der Waals surface area (Å²) in [5.41, 5.74) is 0.868. The Morgan fingerprint density at radius 3 is 2.31 bits per heavy atom. The fourth-order valence-electron chi connectivity index (χ4n) is 1.04. The lowest BCUT2D eigenvalue weighted by molar-refractivity contribution is 0.574. The van der Waals surface area contributed by atoms with Gasteiger partial charge in [-0.25, -0.2) is 0 Å². The van der Waals surface area contributed by atoms with Gasteiger partial charge in [0.05, 0.1) is 0 Å². The van der Waals surface area contributed by atoms with Crippen LogP contribution < -0.4 is 0 Å². The van der Waals surface area contributed by atoms with E-state index < -0.39 is 0 Å². The van der Waals surface area contributed by atoms with Gasteiger partial charge in [-0.05, 0) is 11.6 Å². The molecule has 0 aliphatic rings. The molecule has 0 amide bonds. The average molecular weight is 214 g/mol. The third-order valence-corrected chi connectivity index (χ3v) is 2.01. The fraction of sp³-hybridized carbons (Fsp3) is 0. The topological polar surface area (TPSA) is 26.0 Å². The lowest BCUT2D eigenvalue weighted by Gasteiger charge is -1.93. The molecule has 0 bridgehead atoms. The van der Waals surface area contributed by atoms with Crippen molar-refractivity contribution in [1.82, 2.24) is 4.98 Å². The van der Waals surface area contributed by atoms with Crippen LogP contribution >= 0.6 is 23.2 Å². The van der Waals surface area contributed by atoms with Gasteiger partial charge in [-0.1, -0.05) is 41.9 Å². The van der Waals surface area contributed by atoms with E-state index in [0.717, 1.165) is 5.56 Å². The molecule has 2 aromatic rings. The van der Waals surface area contributed by atoms with Crippen LogP contribution in [0.4, 0.5) is 0 Å². The zero-order valence-corrected chi connectivity index (χ0v) is 8.01. The van der Waals surface area contributed by atoms with E-state index in [1.54, 1.807) is 0 Å². The van der Waals surface area contributed by atoms with Gasteiger partial charge < -0.3 is 4.42 Å². The first-order valence-electron chi connectivity index (χ1n) is 3.64. The van der Waals surface area contributed by atoms with Crippen molar-refractivity contribution in [2.24, 2.45) is 0 Å². The molecule has 2 rings (SSSR count). The molecule has 0 spiro atoms. The molecule has 0 aliphatic carbocycles. The Morgan fingerprint density at radius 1 is 1.08 bits per heavy atom. The number of hydrogen-bond acceptors (Lipinski definition) is 2. The van der Waals surface area contributed by atoms with Gasteiger partial charge in [-0.3, -0.25) is 0 Å². The molecule has 2 nitrogen and oxygen atoms in total. The van der Waals surface area contributed by atoms with Crippen LogP contribution in [0.15, 0.2) is 34.7 Å². The van der Waals surface area contributed by atoms with E-state index in [1.165, 1.54) is 0 Å². The summed E-state index contributed by atoms with van der Waals surface area (Å²) >= 11 is 11.3. The first-order chi connectivity index (χ1) is 6.27. The van der Waals surface area contributed by atoms with Gasteiger partial charge in [0.15, 0.2) is 10.9 Å². The predicted octanol–water partition coefficient (Wildman–Crippen LogP) is 3.65. The summed E-state index contributed by atoms with van der Waals surface area (Å²) in [6, 6.07) is 9.45. The van der Waals surface area contributed by atoms with Gasteiger partial charge in [0.25, 0.3) is 5.35 Å². The largest absolute Gasteiger partial charge is 0.426 e. The van der Waals surface area contributed by atoms with E-state index in [-0.39, 0.29) is 10.5 Å². The number of aromatic nitrogens is 1. The Kier molecular flexibility index (Phi) is 2.25. The van der Waals surface area contributed by atoms with Crippen molar-refractivity contribution in [3.8, 4) is 11.3 Å². The second kappa shape index (κ2) is 3.40. The average Bonchev–Trinajstić information content (AvgIpc) is 2.47. The molecular weight excluding hydrogens is 209 g/mol. The second-order valence-electron chi connectivity index (χ2n) is 2.45. The van der Waals surface area contributed by atoms with Crippen molar-refractivity contribution in [3.63, 3.8) is 0 Å². The Balaban J connectivity index is 2.53. The van der Waals surface area contributed by atoms with E-state index in [2.05, 4.69) is 4.98 Å². The highest BCUT2D eigenvalue weighted by Crippen LogP contribution is 2.29. The SMILES string of the molecule is Clc1nc(Cl)c(-c2ccccc2)o1. The second-order valence-corrected chi connectivity index (χ2v) is 3.13. The molecule has 0 saturated carbocycles. The molecule has 1 heterocycles. The third kappa shape index (κ3) is 1.69. The molecule has 0 unspecified atom stereocenters. The number of nitrogens with zero attached hydrogens (tertiary/aromatic N) is 1. The minimum Gasteiger partial charge on any atom is -0.426 e. The van der Waals surface area contributed by atoms with Gasteiger partial charge in [0, 0.05) is 5.56 Å². The Morgan fingerprint density at radius 2 is 1.77 bits per heavy atom. The van der Waals surface area contributed by atoms with E-state index in [1.807, 2.05) is 30.3 Å². The minimum atomic E-state index is 0.0591. The highest BCUT2D eigenvalue weighted by Gasteiger charge is 2.10. The van der Waals surface area contributed by atoms with E-state index >= 15 is 0 Å². The van der Waals surface area contributed by atoms with Gasteiger partial charge in [-0.15, -0.1) is 0 Å². The van der Waals surface area contributed by atoms with Crippen molar-refractivity contribution < 1.29 is 4.42 Å². The lowest BCUT2D eigenvalue weighted by atomic mass is 10.2. The van der Waals surface area contributed by atoms with Crippen LogP contribution in [0.1, 0.15) is 0 Å². The van der Waals surface area contributed by atoms with Crippen LogP contribution in [0, 0.1) is 0 Å². The molecule has 1 aromatic carbocycles. The van der Waals surface area contributed by atoms with Crippen LogP contribution in [0.2, 0.25) is 10.5 Å². The highest BCUT2D eigenvalue weighted by atomic mass is 35.5. The van der Waals surface area contributed by atoms with Crippen molar-refractivity contribution in [2.75, 3.05) is 0 Å². The van der Waals surface area contributed by atoms with Crippen LogP contribution in [0.5, 0.6) is 0 Å². The van der Waals surface area contributed by atoms with Gasteiger partial charge >= 0.3 is 0 Å². The van der Waals surface area contributed by atoms with E-state index in [0.29, 0.717) is 5.76 Å². The van der Waals surface area contributed by atoms with Gasteiger partial charge in [0.2, 0.25) is 0 Å². The number of rotatable bonds is 1. The molecule has 66 valence electrons. The first kappa shape index (κ1) is 8.60. The van der Waals surface area contributed by atoms with Gasteiger partial charge in [0.1, 0.15) is 0 Å². The number of halogens is 2. The number of benzene rings is 1. The van der Waals surface area contributed by atoms with Crippen LogP contribution in [0.25, 0.3) is 11.3 Å². The Hall–Kier alpha value is -0.990. The maximum Gasteiger partial charge on any atom is 0.294 e. The summed E-state index contributed by atoms with van der Waals surface area (Å²) in [4.78, 5) is 3.75. The number of oxazole rings is 1. The van der Waals surface area contributed by atoms with Crippen molar-refractivity contribution in [1.29, 1.82) is 0 Å². The molecule has 0 N–H and O–H groups in total. The summed E-state index contributed by atoms with van der Waals surface area (Å²) in [6.45, 7) is 0. The van der Waals surface area contributed by atoms with E-state index in [4.69, 9.17) is 27.6 Å². The van der Waals surface area contributed by atoms with Gasteiger partial charge in [-0.2, -0.15) is 4.98 Å². The number of hydrogen-bond donors (Lipinski definition) is 0. The standard InChI is InChI=1S/C9H5Cl2NO/c10-8-7(13-9(11)12-8)6-4-2-1-3-5-6/h1-5H. The smallest absolute Gasteiger partial charge is 0.294 e. The monoisotopic (exact) mass is 213 g/mol. The maximum absolute atomic E-state index is 5.79. The van der Waals surface area contributed by atoms with Crippen molar-refractivity contribution in [2.45, 2.75) is 0 Å². The summed E-state index contributed by atoms with van der Waals surface area (Å²) in [5.74, 6) is 0.507. The summed E-state index contributed by atoms with van der Waals surface area (Å²) in [6.07, 6.45) is 0. The predicted molar refractivity (Wildman–Crippen MR) is 52.0 cm³/mol. The normalized spacial score (nSPS) is 10.3. The fourth-order valence-corrected chi connectivity index (χ4v) is 1.47. The molecule has 0 aliphatic heterocycles. The highest BCUT2D eigenvalue weighted by molar-refractivity contribution is 6.33. The molecule has 13 heavy (non-hydrogen) atoms. The molecule has 0 fully saturated rings. The maximum atomic E-state index is 5.79. The van der Waals surface area contributed by atoms with Crippen LogP contribution in [0.3, 0.4) is 0 Å². The molecule has 0 saturated heterocycles. The summed E-state index contributed by atoms with van der Waals surface area (Å²) < 4.78 is 5.12. The molecule has 1 aromatic heterocycles. The molecule has 0 atom stereocenters. The van der Waals surface area contributed by atoms with Crippen LogP contribution in [-0.4, -0.2) is 4.98 Å². The first-order valence-corrected chi connectivity index (χ1v) is 4.40. The summed E-state index contributed by atoms with van der Waals surface area (Å²) in [7, 11) is 0. The minimum absolute atomic E-state index is 0.0591. The molecule has 0 radical (unpaired) electrons. The quantitative estimate of drug-likeness (QED) is 0.723. The summed E-state index contributed by atoms with van der Waals surface area (Å²) in [5, 5.41) is 0.347. The van der Waals surface area contributed by atoms with E-state index in [9.17, 15) is 0 Å². The van der Waals surface area contributed by atoms with Crippen LogP contribution in [-0.2, 0) is 0 Å². The lowest BCUT2D eigenvalue weighted by Crippen LogP contribution is -1.72.